The molecular weight excluding hydrogens is 348 g/mol. The average molecular weight is 387 g/mol. The number of hydrogen-bond donors (Lipinski definition) is 0. The molecule has 1 fully saturated rings. The number of benzene rings is 1. The van der Waals surface area contributed by atoms with Crippen LogP contribution in [0.2, 0.25) is 0 Å². The zero-order valence-corrected chi connectivity index (χ0v) is 18.2. The Morgan fingerprint density at radius 3 is 2.11 bits per heavy atom. The first-order chi connectivity index (χ1) is 13.5. The molecule has 2 atom stereocenters. The minimum Gasteiger partial charge on any atom is -0.343 e. The fourth-order valence-electron chi connectivity index (χ4n) is 4.22. The maximum atomic E-state index is 13.1. The average Bonchev–Trinajstić information content (AvgIpc) is 2.72. The van der Waals surface area contributed by atoms with Crippen LogP contribution in [0.25, 0.3) is 0 Å². The van der Waals surface area contributed by atoms with Gasteiger partial charge in [0.25, 0.3) is 0 Å². The van der Waals surface area contributed by atoms with E-state index in [4.69, 9.17) is 0 Å². The smallest absolute Gasteiger partial charge is 0.229 e. The number of amides is 2. The third-order valence-corrected chi connectivity index (χ3v) is 6.19. The number of rotatable bonds is 12. The first-order valence-electron chi connectivity index (χ1n) is 11.1. The molecule has 1 aromatic carbocycles. The number of nitrogens with zero attached hydrogens (tertiary/aromatic N) is 2. The summed E-state index contributed by atoms with van der Waals surface area (Å²) in [4.78, 5) is 30.1. The second-order valence-electron chi connectivity index (χ2n) is 8.20. The van der Waals surface area contributed by atoms with E-state index in [2.05, 4.69) is 39.8 Å². The number of β-lactam (4-membered cyclic amide) rings is 1. The van der Waals surface area contributed by atoms with Crippen LogP contribution in [0.1, 0.15) is 78.2 Å². The van der Waals surface area contributed by atoms with Crippen molar-refractivity contribution in [1.82, 2.24) is 9.80 Å². The molecule has 1 aliphatic heterocycles. The number of carbonyl (C=O) groups is 2. The van der Waals surface area contributed by atoms with Crippen LogP contribution in [-0.2, 0) is 15.1 Å². The second kappa shape index (κ2) is 10.6. The molecular formula is C24H38N2O2. The summed E-state index contributed by atoms with van der Waals surface area (Å²) < 4.78 is 0. The fourth-order valence-corrected chi connectivity index (χ4v) is 4.22. The van der Waals surface area contributed by atoms with E-state index in [1.54, 1.807) is 0 Å². The zero-order valence-electron chi connectivity index (χ0n) is 18.2. The van der Waals surface area contributed by atoms with E-state index in [1.807, 2.05) is 28.0 Å². The van der Waals surface area contributed by atoms with Gasteiger partial charge in [0.1, 0.15) is 0 Å². The van der Waals surface area contributed by atoms with Gasteiger partial charge in [0, 0.05) is 26.1 Å². The summed E-state index contributed by atoms with van der Waals surface area (Å²) in [6, 6.07) is 10.2. The Morgan fingerprint density at radius 2 is 1.57 bits per heavy atom. The predicted molar refractivity (Wildman–Crippen MR) is 115 cm³/mol. The van der Waals surface area contributed by atoms with Crippen LogP contribution in [-0.4, -0.2) is 41.2 Å². The molecule has 1 aromatic rings. The summed E-state index contributed by atoms with van der Waals surface area (Å²) in [6.45, 7) is 11.0. The Bertz CT molecular complexity index is 623. The largest absolute Gasteiger partial charge is 0.343 e. The quantitative estimate of drug-likeness (QED) is 0.475. The van der Waals surface area contributed by atoms with E-state index < -0.39 is 0 Å². The van der Waals surface area contributed by atoms with Gasteiger partial charge in [0.15, 0.2) is 0 Å². The molecule has 0 unspecified atom stereocenters. The van der Waals surface area contributed by atoms with Crippen LogP contribution < -0.4 is 0 Å². The summed E-state index contributed by atoms with van der Waals surface area (Å²) in [5.41, 5.74) is 0.752. The molecule has 156 valence electrons. The molecule has 2 rings (SSSR count). The van der Waals surface area contributed by atoms with Crippen molar-refractivity contribution in [3.63, 3.8) is 0 Å². The SMILES string of the molecule is CCCCN(CCCC)C(=O)C[C@H]1C(=O)N(CCCC)[C@]1(C)c1ccccc1. The standard InChI is InChI=1S/C24H38N2O2/c1-5-8-16-25(17-9-6-2)22(27)19-21-23(28)26(18-10-7-3)24(21,4)20-14-12-11-13-15-20/h11-15,21H,5-10,16-19H2,1-4H3/t21-,24+/m0/s1. The Morgan fingerprint density at radius 1 is 1.00 bits per heavy atom. The maximum absolute atomic E-state index is 13.1. The minimum atomic E-state index is -0.385. The maximum Gasteiger partial charge on any atom is 0.229 e. The lowest BCUT2D eigenvalue weighted by atomic mass is 9.68. The molecule has 28 heavy (non-hydrogen) atoms. The van der Waals surface area contributed by atoms with Crippen LogP contribution >= 0.6 is 0 Å². The van der Waals surface area contributed by atoms with Gasteiger partial charge >= 0.3 is 0 Å². The lowest BCUT2D eigenvalue weighted by Gasteiger charge is -2.56. The van der Waals surface area contributed by atoms with Crippen LogP contribution in [0, 0.1) is 5.92 Å². The second-order valence-corrected chi connectivity index (χ2v) is 8.20. The fraction of sp³-hybridized carbons (Fsp3) is 0.667. The Kier molecular flexibility index (Phi) is 8.53. The van der Waals surface area contributed by atoms with Gasteiger partial charge in [0.2, 0.25) is 11.8 Å². The van der Waals surface area contributed by atoms with Crippen LogP contribution in [0.3, 0.4) is 0 Å². The van der Waals surface area contributed by atoms with E-state index in [0.717, 1.165) is 63.7 Å². The van der Waals surface area contributed by atoms with Crippen molar-refractivity contribution in [2.24, 2.45) is 5.92 Å². The molecule has 0 N–H and O–H groups in total. The highest BCUT2D eigenvalue weighted by atomic mass is 16.2. The molecule has 0 saturated carbocycles. The van der Waals surface area contributed by atoms with Gasteiger partial charge in [-0.2, -0.15) is 0 Å². The lowest BCUT2D eigenvalue weighted by molar-refractivity contribution is -0.174. The number of likely N-dealkylation sites (tertiary alicyclic amines) is 1. The molecule has 0 spiro atoms. The van der Waals surface area contributed by atoms with Gasteiger partial charge in [-0.1, -0.05) is 70.4 Å². The van der Waals surface area contributed by atoms with Gasteiger partial charge in [-0.25, -0.2) is 0 Å². The van der Waals surface area contributed by atoms with Crippen molar-refractivity contribution < 1.29 is 9.59 Å². The van der Waals surface area contributed by atoms with E-state index in [1.165, 1.54) is 0 Å². The predicted octanol–water partition coefficient (Wildman–Crippen LogP) is 4.98. The molecule has 4 heteroatoms. The number of unbranched alkanes of at least 4 members (excludes halogenated alkanes) is 3. The highest BCUT2D eigenvalue weighted by Gasteiger charge is 2.57. The molecule has 1 saturated heterocycles. The molecule has 2 amide bonds. The first kappa shape index (κ1) is 22.4. The zero-order chi connectivity index (χ0) is 20.6. The van der Waals surface area contributed by atoms with Crippen LogP contribution in [0.5, 0.6) is 0 Å². The molecule has 1 heterocycles. The molecule has 0 aliphatic carbocycles. The Labute approximate surface area is 171 Å². The van der Waals surface area contributed by atoms with Gasteiger partial charge in [0.05, 0.1) is 11.5 Å². The summed E-state index contributed by atoms with van der Waals surface area (Å²) >= 11 is 0. The highest BCUT2D eigenvalue weighted by Crippen LogP contribution is 2.48. The van der Waals surface area contributed by atoms with Gasteiger partial charge in [-0.15, -0.1) is 0 Å². The van der Waals surface area contributed by atoms with Gasteiger partial charge in [-0.3, -0.25) is 9.59 Å². The third kappa shape index (κ3) is 4.76. The van der Waals surface area contributed by atoms with Crippen molar-refractivity contribution in [3.05, 3.63) is 35.9 Å². The summed E-state index contributed by atoms with van der Waals surface area (Å²) in [7, 11) is 0. The molecule has 0 radical (unpaired) electrons. The molecule has 4 nitrogen and oxygen atoms in total. The molecule has 0 aromatic heterocycles. The first-order valence-corrected chi connectivity index (χ1v) is 11.1. The summed E-state index contributed by atoms with van der Waals surface area (Å²) in [6.07, 6.45) is 6.56. The normalized spacial score (nSPS) is 21.5. The molecule has 0 bridgehead atoms. The highest BCUT2D eigenvalue weighted by molar-refractivity contribution is 5.92. The van der Waals surface area contributed by atoms with Crippen molar-refractivity contribution in [3.8, 4) is 0 Å². The van der Waals surface area contributed by atoms with E-state index in [-0.39, 0.29) is 23.3 Å². The van der Waals surface area contributed by atoms with Crippen LogP contribution in [0.4, 0.5) is 0 Å². The summed E-state index contributed by atoms with van der Waals surface area (Å²) in [5.74, 6) is 0.0154. The van der Waals surface area contributed by atoms with Gasteiger partial charge in [-0.05, 0) is 31.7 Å². The number of carbonyl (C=O) groups excluding carboxylic acids is 2. The van der Waals surface area contributed by atoms with Gasteiger partial charge < -0.3 is 9.80 Å². The van der Waals surface area contributed by atoms with Crippen molar-refractivity contribution in [2.75, 3.05) is 19.6 Å². The topological polar surface area (TPSA) is 40.6 Å². The van der Waals surface area contributed by atoms with Crippen molar-refractivity contribution in [2.45, 2.75) is 78.2 Å². The third-order valence-electron chi connectivity index (χ3n) is 6.19. The van der Waals surface area contributed by atoms with Crippen molar-refractivity contribution >= 4 is 11.8 Å². The van der Waals surface area contributed by atoms with Crippen LogP contribution in [0.15, 0.2) is 30.3 Å². The van der Waals surface area contributed by atoms with E-state index in [0.29, 0.717) is 6.42 Å². The van der Waals surface area contributed by atoms with Crippen molar-refractivity contribution in [1.29, 1.82) is 0 Å². The monoisotopic (exact) mass is 386 g/mol. The Balaban J connectivity index is 2.19. The van der Waals surface area contributed by atoms with E-state index in [9.17, 15) is 9.59 Å². The Hall–Kier alpha value is -1.84. The minimum absolute atomic E-state index is 0.137. The summed E-state index contributed by atoms with van der Waals surface area (Å²) in [5, 5.41) is 0. The number of hydrogen-bond acceptors (Lipinski definition) is 2. The molecule has 1 aliphatic rings. The van der Waals surface area contributed by atoms with E-state index >= 15 is 0 Å². The lowest BCUT2D eigenvalue weighted by Crippen LogP contribution is -2.67.